The van der Waals surface area contributed by atoms with Gasteiger partial charge in [0.05, 0.1) is 5.92 Å². The summed E-state index contributed by atoms with van der Waals surface area (Å²) in [5.41, 5.74) is 3.29. The molecule has 1 aliphatic rings. The van der Waals surface area contributed by atoms with Crippen LogP contribution in [0, 0.1) is 12.8 Å². The SMILES string of the molecule is Cc1ccccc1C(=O)C[C@@H](c1ccccc1)C1C(=O)c2ccccc2C1=O. The molecule has 138 valence electrons. The molecule has 0 bridgehead atoms. The lowest BCUT2D eigenvalue weighted by Crippen LogP contribution is -2.26. The summed E-state index contributed by atoms with van der Waals surface area (Å²) < 4.78 is 0. The molecule has 0 N–H and O–H groups in total. The smallest absolute Gasteiger partial charge is 0.175 e. The van der Waals surface area contributed by atoms with E-state index < -0.39 is 11.8 Å². The van der Waals surface area contributed by atoms with Crippen molar-refractivity contribution in [2.75, 3.05) is 0 Å². The minimum atomic E-state index is -0.854. The molecule has 0 aromatic heterocycles. The lowest BCUT2D eigenvalue weighted by molar-refractivity contribution is 0.0802. The first-order valence-electron chi connectivity index (χ1n) is 9.39. The van der Waals surface area contributed by atoms with Crippen molar-refractivity contribution in [3.05, 3.63) is 107 Å². The predicted octanol–water partition coefficient (Wildman–Crippen LogP) is 5.05. The fourth-order valence-electron chi connectivity index (χ4n) is 4.06. The fourth-order valence-corrected chi connectivity index (χ4v) is 4.06. The molecule has 0 radical (unpaired) electrons. The van der Waals surface area contributed by atoms with Crippen LogP contribution in [0.1, 0.15) is 54.5 Å². The Morgan fingerprint density at radius 3 is 1.93 bits per heavy atom. The van der Waals surface area contributed by atoms with Gasteiger partial charge in [0.15, 0.2) is 17.3 Å². The summed E-state index contributed by atoms with van der Waals surface area (Å²) in [6.07, 6.45) is 0.116. The highest BCUT2D eigenvalue weighted by Crippen LogP contribution is 2.39. The van der Waals surface area contributed by atoms with Crippen LogP contribution in [0.3, 0.4) is 0 Å². The van der Waals surface area contributed by atoms with Crippen molar-refractivity contribution >= 4 is 17.3 Å². The molecule has 0 unspecified atom stereocenters. The van der Waals surface area contributed by atoms with Gasteiger partial charge in [-0.05, 0) is 18.1 Å². The summed E-state index contributed by atoms with van der Waals surface area (Å²) in [5, 5.41) is 0. The van der Waals surface area contributed by atoms with Gasteiger partial charge in [0.1, 0.15) is 0 Å². The van der Waals surface area contributed by atoms with E-state index in [1.165, 1.54) is 0 Å². The highest BCUT2D eigenvalue weighted by atomic mass is 16.2. The normalized spacial score (nSPS) is 14.8. The Balaban J connectivity index is 1.74. The molecule has 3 aromatic carbocycles. The monoisotopic (exact) mass is 368 g/mol. The minimum Gasteiger partial charge on any atom is -0.294 e. The first-order valence-corrected chi connectivity index (χ1v) is 9.39. The third kappa shape index (κ3) is 3.09. The van der Waals surface area contributed by atoms with Crippen LogP contribution in [0.4, 0.5) is 0 Å². The van der Waals surface area contributed by atoms with Crippen LogP contribution in [0.2, 0.25) is 0 Å². The Kier molecular flexibility index (Phi) is 4.74. The highest BCUT2D eigenvalue weighted by Gasteiger charge is 2.44. The summed E-state index contributed by atoms with van der Waals surface area (Å²) >= 11 is 0. The van der Waals surface area contributed by atoms with Crippen molar-refractivity contribution in [3.8, 4) is 0 Å². The molecular weight excluding hydrogens is 348 g/mol. The third-order valence-electron chi connectivity index (χ3n) is 5.50. The average molecular weight is 368 g/mol. The Morgan fingerprint density at radius 2 is 1.32 bits per heavy atom. The molecule has 3 nitrogen and oxygen atoms in total. The molecule has 1 aliphatic carbocycles. The van der Waals surface area contributed by atoms with Crippen LogP contribution >= 0.6 is 0 Å². The topological polar surface area (TPSA) is 51.2 Å². The third-order valence-corrected chi connectivity index (χ3v) is 5.50. The van der Waals surface area contributed by atoms with Crippen LogP contribution in [0.5, 0.6) is 0 Å². The number of benzene rings is 3. The van der Waals surface area contributed by atoms with E-state index in [0.29, 0.717) is 16.7 Å². The van der Waals surface area contributed by atoms with Gasteiger partial charge >= 0.3 is 0 Å². The summed E-state index contributed by atoms with van der Waals surface area (Å²) in [4.78, 5) is 39.2. The zero-order valence-electron chi connectivity index (χ0n) is 15.6. The average Bonchev–Trinajstić information content (AvgIpc) is 2.98. The Bertz CT molecular complexity index is 1030. The van der Waals surface area contributed by atoms with Crippen molar-refractivity contribution in [1.82, 2.24) is 0 Å². The Labute approximate surface area is 164 Å². The predicted molar refractivity (Wildman–Crippen MR) is 108 cm³/mol. The van der Waals surface area contributed by atoms with Gasteiger partial charge in [-0.1, -0.05) is 78.9 Å². The van der Waals surface area contributed by atoms with Gasteiger partial charge in [-0.2, -0.15) is 0 Å². The number of rotatable bonds is 5. The van der Waals surface area contributed by atoms with Crippen molar-refractivity contribution < 1.29 is 14.4 Å². The maximum absolute atomic E-state index is 13.1. The van der Waals surface area contributed by atoms with Crippen LogP contribution in [0.25, 0.3) is 0 Å². The second-order valence-corrected chi connectivity index (χ2v) is 7.21. The number of fused-ring (bicyclic) bond motifs is 1. The van der Waals surface area contributed by atoms with Crippen molar-refractivity contribution in [3.63, 3.8) is 0 Å². The second-order valence-electron chi connectivity index (χ2n) is 7.21. The molecule has 0 amide bonds. The first kappa shape index (κ1) is 18.1. The molecule has 1 atom stereocenters. The van der Waals surface area contributed by atoms with E-state index in [2.05, 4.69) is 0 Å². The number of aryl methyl sites for hydroxylation is 1. The van der Waals surface area contributed by atoms with Gasteiger partial charge in [-0.15, -0.1) is 0 Å². The molecule has 3 aromatic rings. The molecule has 0 aliphatic heterocycles. The summed E-state index contributed by atoms with van der Waals surface area (Å²) in [6, 6.07) is 23.7. The molecule has 0 saturated carbocycles. The van der Waals surface area contributed by atoms with Gasteiger partial charge in [-0.25, -0.2) is 0 Å². The van der Waals surface area contributed by atoms with Crippen molar-refractivity contribution in [2.24, 2.45) is 5.92 Å². The number of ketones is 3. The zero-order valence-corrected chi connectivity index (χ0v) is 15.6. The lowest BCUT2D eigenvalue weighted by Gasteiger charge is -2.22. The highest BCUT2D eigenvalue weighted by molar-refractivity contribution is 6.27. The van der Waals surface area contributed by atoms with Crippen LogP contribution in [-0.4, -0.2) is 17.3 Å². The number of carbonyl (C=O) groups excluding carboxylic acids is 3. The molecule has 3 heteroatoms. The number of carbonyl (C=O) groups is 3. The molecule has 0 fully saturated rings. The summed E-state index contributed by atoms with van der Waals surface area (Å²) in [7, 11) is 0. The molecule has 4 rings (SSSR count). The van der Waals surface area contributed by atoms with Gasteiger partial charge in [0.2, 0.25) is 0 Å². The van der Waals surface area contributed by atoms with E-state index in [-0.39, 0.29) is 23.8 Å². The zero-order chi connectivity index (χ0) is 19.7. The summed E-state index contributed by atoms with van der Waals surface area (Å²) in [5.74, 6) is -1.77. The van der Waals surface area contributed by atoms with Crippen molar-refractivity contribution in [2.45, 2.75) is 19.3 Å². The molecule has 0 saturated heterocycles. The number of Topliss-reactive ketones (excluding diaryl/α,β-unsaturated/α-hetero) is 3. The Morgan fingerprint density at radius 1 is 0.786 bits per heavy atom. The van der Waals surface area contributed by atoms with Gasteiger partial charge in [0.25, 0.3) is 0 Å². The minimum absolute atomic E-state index is 0.0523. The van der Waals surface area contributed by atoms with Gasteiger partial charge < -0.3 is 0 Å². The van der Waals surface area contributed by atoms with Crippen LogP contribution in [0.15, 0.2) is 78.9 Å². The standard InChI is InChI=1S/C25H20O3/c1-16-9-5-6-12-18(16)22(26)15-21(17-10-3-2-4-11-17)23-24(27)19-13-7-8-14-20(19)25(23)28/h2-14,21,23H,15H2,1H3/t21-/m0/s1. The molecule has 28 heavy (non-hydrogen) atoms. The largest absolute Gasteiger partial charge is 0.294 e. The molecule has 0 spiro atoms. The second kappa shape index (κ2) is 7.35. The molecular formula is C25H20O3. The summed E-state index contributed by atoms with van der Waals surface area (Å²) in [6.45, 7) is 1.90. The van der Waals surface area contributed by atoms with Gasteiger partial charge in [-0.3, -0.25) is 14.4 Å². The maximum atomic E-state index is 13.1. The Hall–Kier alpha value is -3.33. The lowest BCUT2D eigenvalue weighted by atomic mass is 9.78. The fraction of sp³-hybridized carbons (Fsp3) is 0.160. The van der Waals surface area contributed by atoms with E-state index in [1.54, 1.807) is 30.3 Å². The number of hydrogen-bond donors (Lipinski definition) is 0. The van der Waals surface area contributed by atoms with E-state index in [0.717, 1.165) is 11.1 Å². The van der Waals surface area contributed by atoms with Crippen LogP contribution < -0.4 is 0 Å². The van der Waals surface area contributed by atoms with Crippen molar-refractivity contribution in [1.29, 1.82) is 0 Å². The van der Waals surface area contributed by atoms with E-state index in [1.807, 2.05) is 55.5 Å². The van der Waals surface area contributed by atoms with E-state index in [9.17, 15) is 14.4 Å². The van der Waals surface area contributed by atoms with E-state index >= 15 is 0 Å². The quantitative estimate of drug-likeness (QED) is 0.468. The van der Waals surface area contributed by atoms with Crippen LogP contribution in [-0.2, 0) is 0 Å². The van der Waals surface area contributed by atoms with E-state index in [4.69, 9.17) is 0 Å². The first-order chi connectivity index (χ1) is 13.6. The molecule has 0 heterocycles. The van der Waals surface area contributed by atoms with Gasteiger partial charge in [0, 0.05) is 29.0 Å². The maximum Gasteiger partial charge on any atom is 0.175 e. The number of hydrogen-bond acceptors (Lipinski definition) is 3.